The van der Waals surface area contributed by atoms with Crippen LogP contribution in [0, 0.1) is 0 Å². The van der Waals surface area contributed by atoms with Crippen molar-refractivity contribution in [1.29, 1.82) is 0 Å². The minimum Gasteiger partial charge on any atom is -0.504 e. The minimum absolute atomic E-state index is 0.120. The smallest absolute Gasteiger partial charge is 0.157 e. The molecule has 4 nitrogen and oxygen atoms in total. The summed E-state index contributed by atoms with van der Waals surface area (Å²) < 4.78 is 0. The molecular weight excluding hydrogens is 276 g/mol. The summed E-state index contributed by atoms with van der Waals surface area (Å²) in [4.78, 5) is 1.99. The first-order chi connectivity index (χ1) is 9.47. The van der Waals surface area contributed by atoms with Crippen molar-refractivity contribution in [3.63, 3.8) is 0 Å². The van der Waals surface area contributed by atoms with Crippen LogP contribution in [0.4, 0.5) is 11.4 Å². The Labute approximate surface area is 123 Å². The van der Waals surface area contributed by atoms with Gasteiger partial charge in [-0.05, 0) is 35.9 Å². The largest absolute Gasteiger partial charge is 0.504 e. The Morgan fingerprint density at radius 1 is 1.05 bits per heavy atom. The van der Waals surface area contributed by atoms with Gasteiger partial charge in [0.1, 0.15) is 0 Å². The number of phenols is 2. The molecule has 5 heteroatoms. The number of benzene rings is 2. The first-order valence-corrected chi connectivity index (χ1v) is 6.57. The molecule has 0 radical (unpaired) electrons. The van der Waals surface area contributed by atoms with E-state index in [9.17, 15) is 10.2 Å². The Balaban J connectivity index is 2.17. The zero-order valence-corrected chi connectivity index (χ0v) is 12.1. The predicted octanol–water partition coefficient (Wildman–Crippen LogP) is 3.43. The maximum absolute atomic E-state index is 9.48. The van der Waals surface area contributed by atoms with Crippen molar-refractivity contribution in [1.82, 2.24) is 0 Å². The lowest BCUT2D eigenvalue weighted by atomic mass is 10.2. The predicted molar refractivity (Wildman–Crippen MR) is 82.9 cm³/mol. The standard InChI is InChI=1S/C15H17ClN2O2/c1-18(2)13-5-4-11(16)8-12(13)17-9-10-3-6-14(19)15(20)7-10/h3-8,17,19-20H,9H2,1-2H3. The number of nitrogens with zero attached hydrogens (tertiary/aromatic N) is 1. The molecule has 2 aromatic carbocycles. The summed E-state index contributed by atoms with van der Waals surface area (Å²) in [5, 5.41) is 22.7. The van der Waals surface area contributed by atoms with Gasteiger partial charge >= 0.3 is 0 Å². The van der Waals surface area contributed by atoms with E-state index < -0.39 is 0 Å². The first kappa shape index (κ1) is 14.3. The number of anilines is 2. The zero-order chi connectivity index (χ0) is 14.7. The lowest BCUT2D eigenvalue weighted by molar-refractivity contribution is 0.403. The molecule has 0 aliphatic heterocycles. The second-order valence-corrected chi connectivity index (χ2v) is 5.17. The highest BCUT2D eigenvalue weighted by Crippen LogP contribution is 2.29. The summed E-state index contributed by atoms with van der Waals surface area (Å²) >= 11 is 6.02. The van der Waals surface area contributed by atoms with Crippen LogP contribution in [-0.4, -0.2) is 24.3 Å². The molecule has 0 atom stereocenters. The lowest BCUT2D eigenvalue weighted by Gasteiger charge is -2.19. The number of hydrogen-bond donors (Lipinski definition) is 3. The number of phenolic OH excluding ortho intramolecular Hbond substituents is 2. The monoisotopic (exact) mass is 292 g/mol. The van der Waals surface area contributed by atoms with Crippen LogP contribution in [0.3, 0.4) is 0 Å². The summed E-state index contributed by atoms with van der Waals surface area (Å²) in [7, 11) is 3.92. The van der Waals surface area contributed by atoms with E-state index in [0.29, 0.717) is 11.6 Å². The molecule has 0 aromatic heterocycles. The molecule has 0 spiro atoms. The molecule has 0 saturated carbocycles. The third-order valence-corrected chi connectivity index (χ3v) is 3.20. The molecule has 0 aliphatic carbocycles. The molecule has 0 bridgehead atoms. The zero-order valence-electron chi connectivity index (χ0n) is 11.4. The van der Waals surface area contributed by atoms with Crippen LogP contribution >= 0.6 is 11.6 Å². The molecule has 2 aromatic rings. The molecular formula is C15H17ClN2O2. The van der Waals surface area contributed by atoms with Crippen molar-refractivity contribution in [2.24, 2.45) is 0 Å². The van der Waals surface area contributed by atoms with E-state index in [1.165, 1.54) is 12.1 Å². The fraction of sp³-hybridized carbons (Fsp3) is 0.200. The highest BCUT2D eigenvalue weighted by atomic mass is 35.5. The highest BCUT2D eigenvalue weighted by molar-refractivity contribution is 6.31. The fourth-order valence-electron chi connectivity index (χ4n) is 1.92. The Bertz CT molecular complexity index is 615. The van der Waals surface area contributed by atoms with E-state index in [1.54, 1.807) is 6.07 Å². The minimum atomic E-state index is -0.122. The van der Waals surface area contributed by atoms with E-state index in [-0.39, 0.29) is 11.5 Å². The van der Waals surface area contributed by atoms with Crippen molar-refractivity contribution in [2.45, 2.75) is 6.54 Å². The van der Waals surface area contributed by atoms with Gasteiger partial charge in [0.2, 0.25) is 0 Å². The van der Waals surface area contributed by atoms with Crippen LogP contribution < -0.4 is 10.2 Å². The van der Waals surface area contributed by atoms with Gasteiger partial charge in [0.05, 0.1) is 11.4 Å². The van der Waals surface area contributed by atoms with Crippen LogP contribution in [0.5, 0.6) is 11.5 Å². The molecule has 3 N–H and O–H groups in total. The highest BCUT2D eigenvalue weighted by Gasteiger charge is 2.06. The summed E-state index contributed by atoms with van der Waals surface area (Å²) in [6, 6.07) is 10.4. The summed E-state index contributed by atoms with van der Waals surface area (Å²) in [5.74, 6) is -0.242. The Hall–Kier alpha value is -2.07. The third kappa shape index (κ3) is 3.27. The maximum atomic E-state index is 9.48. The van der Waals surface area contributed by atoms with Crippen LogP contribution in [0.2, 0.25) is 5.02 Å². The number of nitrogens with one attached hydrogen (secondary N) is 1. The molecule has 2 rings (SSSR count). The topological polar surface area (TPSA) is 55.7 Å². The number of halogens is 1. The van der Waals surface area contributed by atoms with E-state index in [4.69, 9.17) is 11.6 Å². The van der Waals surface area contributed by atoms with Crippen molar-refractivity contribution in [3.8, 4) is 11.5 Å². The number of aromatic hydroxyl groups is 2. The van der Waals surface area contributed by atoms with Crippen LogP contribution in [0.15, 0.2) is 36.4 Å². The molecule has 0 fully saturated rings. The summed E-state index contributed by atoms with van der Waals surface area (Å²) in [6.45, 7) is 0.523. The van der Waals surface area contributed by atoms with Gasteiger partial charge < -0.3 is 20.4 Å². The van der Waals surface area contributed by atoms with Crippen molar-refractivity contribution >= 4 is 23.0 Å². The van der Waals surface area contributed by atoms with E-state index in [1.807, 2.05) is 37.2 Å². The van der Waals surface area contributed by atoms with Crippen LogP contribution in [0.1, 0.15) is 5.56 Å². The first-order valence-electron chi connectivity index (χ1n) is 6.19. The molecule has 106 valence electrons. The SMILES string of the molecule is CN(C)c1ccc(Cl)cc1NCc1ccc(O)c(O)c1. The van der Waals surface area contributed by atoms with Crippen LogP contribution in [0.25, 0.3) is 0 Å². The van der Waals surface area contributed by atoms with Gasteiger partial charge in [0.15, 0.2) is 11.5 Å². The molecule has 0 saturated heterocycles. The molecule has 0 aliphatic rings. The van der Waals surface area contributed by atoms with Crippen LogP contribution in [-0.2, 0) is 6.54 Å². The molecule has 0 amide bonds. The number of hydrogen-bond acceptors (Lipinski definition) is 4. The average Bonchev–Trinajstić information content (AvgIpc) is 2.40. The summed E-state index contributed by atoms with van der Waals surface area (Å²) in [5.41, 5.74) is 2.80. The molecule has 0 heterocycles. The third-order valence-electron chi connectivity index (χ3n) is 2.96. The van der Waals surface area contributed by atoms with Gasteiger partial charge in [-0.15, -0.1) is 0 Å². The second-order valence-electron chi connectivity index (χ2n) is 4.73. The second kappa shape index (κ2) is 5.92. The van der Waals surface area contributed by atoms with Gasteiger partial charge in [-0.25, -0.2) is 0 Å². The summed E-state index contributed by atoms with van der Waals surface area (Å²) in [6.07, 6.45) is 0. The average molecular weight is 293 g/mol. The van der Waals surface area contributed by atoms with Gasteiger partial charge in [0.25, 0.3) is 0 Å². The number of rotatable bonds is 4. The van der Waals surface area contributed by atoms with Gasteiger partial charge in [0, 0.05) is 25.7 Å². The van der Waals surface area contributed by atoms with Crippen molar-refractivity contribution < 1.29 is 10.2 Å². The van der Waals surface area contributed by atoms with Gasteiger partial charge in [-0.1, -0.05) is 17.7 Å². The Morgan fingerprint density at radius 3 is 2.45 bits per heavy atom. The Kier molecular flexibility index (Phi) is 4.25. The molecule has 0 unspecified atom stereocenters. The molecule has 20 heavy (non-hydrogen) atoms. The van der Waals surface area contributed by atoms with E-state index in [0.717, 1.165) is 16.9 Å². The van der Waals surface area contributed by atoms with E-state index >= 15 is 0 Å². The van der Waals surface area contributed by atoms with Gasteiger partial charge in [-0.3, -0.25) is 0 Å². The fourth-order valence-corrected chi connectivity index (χ4v) is 2.09. The van der Waals surface area contributed by atoms with Crippen molar-refractivity contribution in [3.05, 3.63) is 47.0 Å². The quantitative estimate of drug-likeness (QED) is 0.756. The lowest BCUT2D eigenvalue weighted by Crippen LogP contribution is -2.12. The van der Waals surface area contributed by atoms with Gasteiger partial charge in [-0.2, -0.15) is 0 Å². The Morgan fingerprint density at radius 2 is 1.80 bits per heavy atom. The van der Waals surface area contributed by atoms with Crippen molar-refractivity contribution in [2.75, 3.05) is 24.3 Å². The normalized spacial score (nSPS) is 10.3. The van der Waals surface area contributed by atoms with E-state index in [2.05, 4.69) is 5.32 Å². The maximum Gasteiger partial charge on any atom is 0.157 e.